The van der Waals surface area contributed by atoms with E-state index in [2.05, 4.69) is 281 Å². The number of aryl methyl sites for hydroxylation is 8. The van der Waals surface area contributed by atoms with Crippen LogP contribution in [0.25, 0.3) is 155 Å². The first kappa shape index (κ1) is 106. The first-order valence-corrected chi connectivity index (χ1v) is 56.0. The minimum absolute atomic E-state index is 0. The van der Waals surface area contributed by atoms with Crippen LogP contribution in [-0.4, -0.2) is 84.8 Å². The summed E-state index contributed by atoms with van der Waals surface area (Å²) < 4.78 is 63.8. The van der Waals surface area contributed by atoms with Gasteiger partial charge in [0.15, 0.2) is 0 Å². The summed E-state index contributed by atoms with van der Waals surface area (Å²) in [4.78, 5) is 36.6. The van der Waals surface area contributed by atoms with Crippen LogP contribution >= 0.6 is 28.6 Å². The van der Waals surface area contributed by atoms with E-state index in [9.17, 15) is 18.3 Å². The van der Waals surface area contributed by atoms with E-state index in [1.54, 1.807) is 45.2 Å². The zero-order valence-corrected chi connectivity index (χ0v) is 95.4. The van der Waals surface area contributed by atoms with Gasteiger partial charge in [0.1, 0.15) is 73.6 Å². The molecule has 24 rings (SSSR count). The Kier molecular flexibility index (Phi) is 31.7. The average molecular weight is 2720 g/mol. The first-order valence-electron chi connectivity index (χ1n) is 47.4. The zero-order chi connectivity index (χ0) is 99.5. The van der Waals surface area contributed by atoms with Gasteiger partial charge in [0.25, 0.3) is 0 Å². The number of para-hydroxylation sites is 4. The second-order valence-electron chi connectivity index (χ2n) is 36.8. The topological polar surface area (TPSA) is 191 Å². The molecule has 12 aromatic carbocycles. The Morgan fingerprint density at radius 1 is 0.223 bits per heavy atom. The van der Waals surface area contributed by atoms with Gasteiger partial charge in [0.2, 0.25) is 0 Å². The number of benzene rings is 12. The summed E-state index contributed by atoms with van der Waals surface area (Å²) in [6, 6.07) is 137. The molecular weight excluding hydrogens is 2630 g/mol. The molecule has 148 heavy (non-hydrogen) atoms. The molecule has 16 nitrogen and oxygen atoms in total. The SMILES string of the molecule is Cc1ccc(-n2c3[c-]c(-c4[c-]c(P(C)(=O)c5ccccn5)ccc4)ccc3c3ccccc32)nc1C.Cc1ccc(P(C)(=O)c2[c-]c(-c3[c-]c4c(cc3)c3ccccc3n4-c3cc(C)ccn3)ccc2)nc1.Cc1ccnc(-n2c3[c-]c(-c4[c-]c(P(C)(=O)c5cc(C)ccn5)ccc4)ccc3c3ccccc32)c1.Cc1ccnc(-n2c3[c-]c(-c4[c-]c(P(C)(=O)c5cccc(C)n5)ccc4)ccc3c3ccccc32)c1.[Pt+2].[Pt+2].[Pt+2].[Pt+2]. The summed E-state index contributed by atoms with van der Waals surface area (Å²) in [5, 5.41) is 11.7. The second-order valence-corrected chi connectivity index (χ2v) is 48.0. The summed E-state index contributed by atoms with van der Waals surface area (Å²) >= 11 is 0. The molecule has 4 atom stereocenters. The van der Waals surface area contributed by atoms with Gasteiger partial charge in [-0.15, -0.1) is 48.5 Å². The fourth-order valence-corrected chi connectivity index (χ4v) is 25.2. The molecule has 24 aromatic rings. The van der Waals surface area contributed by atoms with Gasteiger partial charge in [-0.3, -0.25) is 15.0 Å². The van der Waals surface area contributed by atoms with Gasteiger partial charge < -0.3 is 36.5 Å². The summed E-state index contributed by atoms with van der Waals surface area (Å²) in [6.07, 6.45) is 10.7. The van der Waals surface area contributed by atoms with Gasteiger partial charge in [0, 0.05) is 70.6 Å². The van der Waals surface area contributed by atoms with Gasteiger partial charge in [0.05, 0.1) is 0 Å². The van der Waals surface area contributed by atoms with E-state index in [4.69, 9.17) is 4.98 Å². The molecule has 0 radical (unpaired) electrons. The van der Waals surface area contributed by atoms with Crippen molar-refractivity contribution < 1.29 is 103 Å². The largest absolute Gasteiger partial charge is 2.00 e. The summed E-state index contributed by atoms with van der Waals surface area (Å²) in [5.41, 5.74) is 26.0. The minimum atomic E-state index is -2.90. The number of rotatable bonds is 16. The van der Waals surface area contributed by atoms with E-state index in [0.717, 1.165) is 200 Å². The van der Waals surface area contributed by atoms with Gasteiger partial charge in [-0.1, -0.05) is 140 Å². The van der Waals surface area contributed by atoms with Crippen molar-refractivity contribution in [3.63, 3.8) is 0 Å². The Balaban J connectivity index is 0.000000133. The monoisotopic (exact) mass is 2720 g/mol. The molecule has 0 saturated heterocycles. The van der Waals surface area contributed by atoms with Crippen LogP contribution in [0.4, 0.5) is 0 Å². The molecule has 0 aliphatic heterocycles. The summed E-state index contributed by atoms with van der Waals surface area (Å²) in [5.74, 6) is 3.44. The van der Waals surface area contributed by atoms with Crippen molar-refractivity contribution in [2.75, 3.05) is 26.7 Å². The van der Waals surface area contributed by atoms with Crippen LogP contribution in [0.2, 0.25) is 0 Å². The maximum atomic E-state index is 13.8. The van der Waals surface area contributed by atoms with Crippen LogP contribution < -0.4 is 43.0 Å². The first-order chi connectivity index (χ1) is 69.7. The predicted molar refractivity (Wildman–Crippen MR) is 593 cm³/mol. The molecule has 0 bridgehead atoms. The quantitative estimate of drug-likeness (QED) is 0.0658. The number of aromatic nitrogens is 12. The molecule has 0 N–H and O–H groups in total. The van der Waals surface area contributed by atoms with E-state index >= 15 is 0 Å². The van der Waals surface area contributed by atoms with Crippen LogP contribution in [-0.2, 0) is 103 Å². The average Bonchev–Trinajstić information content (AvgIpc) is 1.60. The van der Waals surface area contributed by atoms with E-state index in [0.29, 0.717) is 43.0 Å². The Morgan fingerprint density at radius 2 is 0.534 bits per heavy atom. The van der Waals surface area contributed by atoms with Crippen molar-refractivity contribution in [1.82, 2.24) is 58.1 Å². The Morgan fingerprint density at radius 3 is 0.872 bits per heavy atom. The molecule has 0 aliphatic carbocycles. The van der Waals surface area contributed by atoms with Crippen LogP contribution in [0.15, 0.2) is 365 Å². The molecule has 736 valence electrons. The van der Waals surface area contributed by atoms with Crippen LogP contribution in [0.3, 0.4) is 0 Å². The maximum Gasteiger partial charge on any atom is 2.00 e. The van der Waals surface area contributed by atoms with Crippen LogP contribution in [0.5, 0.6) is 0 Å². The fraction of sp³-hybridized carbons (Fsp3) is 0.0968. The second kappa shape index (κ2) is 44.2. The molecule has 0 fully saturated rings. The molecule has 0 spiro atoms. The third kappa shape index (κ3) is 20.9. The third-order valence-electron chi connectivity index (χ3n) is 26.5. The molecule has 24 heteroatoms. The fourth-order valence-electron chi connectivity index (χ4n) is 18.6. The number of pyridine rings is 8. The molecule has 0 amide bonds. The van der Waals surface area contributed by atoms with E-state index < -0.39 is 28.6 Å². The maximum absolute atomic E-state index is 13.8. The van der Waals surface area contributed by atoms with E-state index in [-0.39, 0.29) is 84.3 Å². The van der Waals surface area contributed by atoms with Crippen molar-refractivity contribution in [3.05, 3.63) is 458 Å². The van der Waals surface area contributed by atoms with Gasteiger partial charge in [-0.25, -0.2) is 69.4 Å². The smallest absolute Gasteiger partial charge is 0.314 e. The molecule has 0 saturated carbocycles. The van der Waals surface area contributed by atoms with E-state index in [1.807, 2.05) is 222 Å². The van der Waals surface area contributed by atoms with Crippen molar-refractivity contribution >= 4 is 159 Å². The Hall–Kier alpha value is -13.3. The molecule has 0 aliphatic rings. The zero-order valence-electron chi connectivity index (χ0n) is 82.7. The predicted octanol–water partition coefficient (Wildman–Crippen LogP) is 25.6. The van der Waals surface area contributed by atoms with Crippen molar-refractivity contribution in [2.24, 2.45) is 0 Å². The van der Waals surface area contributed by atoms with Crippen LogP contribution in [0, 0.1) is 104 Å². The molecule has 12 heterocycles. The Labute approximate surface area is 918 Å². The summed E-state index contributed by atoms with van der Waals surface area (Å²) in [6.45, 7) is 23.2. The van der Waals surface area contributed by atoms with Crippen molar-refractivity contribution in [2.45, 2.75) is 55.4 Å². The standard InChI is InChI=1S/4C31H24N3OP.4Pt/c1-21-16-17-32-30(18-21)34-28-12-5-4-11-26(28)27-15-14-24(20-29(27)34)23-9-7-10-25(19-23)36(3,35)31-13-6-8-22(2)33-31;1-21-14-17-30(33-22(21)2)34-28-12-5-4-11-26(28)27-16-15-24(20-29(27)34)23-9-8-10-25(19-23)36(3,35)31-13-6-7-18-32-31;1-21-15-16-32-30(17-21)34-28-10-5-4-9-26(28)27-13-12-24(19-29(27)34)23-7-6-8-25(18-23)36(3,35)31-14-11-22(2)20-33-31;1-21-13-15-32-30(17-21)34-28-10-5-4-9-26(28)27-12-11-24(20-29(27)34)23-7-6-8-25(19-23)36(3,35)31-18-22(2)14-16-33-31;;;;/h2*4-18H,1-3H3;4-17,20H,1-3H3;4-18H,1-3H3;;;;/q4*-2;4*+2. The van der Waals surface area contributed by atoms with Gasteiger partial charge >= 0.3 is 84.3 Å². The Bertz CT molecular complexity index is 9150. The normalized spacial score (nSPS) is 12.8. The van der Waals surface area contributed by atoms with E-state index in [1.165, 1.54) is 0 Å². The third-order valence-corrected chi connectivity index (χ3v) is 35.7. The van der Waals surface area contributed by atoms with Crippen molar-refractivity contribution in [3.8, 4) is 67.8 Å². The van der Waals surface area contributed by atoms with Crippen LogP contribution in [0.1, 0.15) is 44.8 Å². The number of hydrogen-bond donors (Lipinski definition) is 0. The van der Waals surface area contributed by atoms with Gasteiger partial charge in [-0.2, -0.15) is 121 Å². The molecule has 4 unspecified atom stereocenters. The van der Waals surface area contributed by atoms with Gasteiger partial charge in [-0.05, 0) is 268 Å². The molecular formula is C124H96N12O4P4Pt4. The molecule has 12 aromatic heterocycles. The minimum Gasteiger partial charge on any atom is -0.314 e. The number of hydrogen-bond acceptors (Lipinski definition) is 12. The number of nitrogens with zero attached hydrogens (tertiary/aromatic N) is 12. The number of fused-ring (bicyclic) bond motifs is 12. The summed E-state index contributed by atoms with van der Waals surface area (Å²) in [7, 11) is -11.6. The van der Waals surface area contributed by atoms with Crippen molar-refractivity contribution in [1.29, 1.82) is 0 Å².